The number of benzene rings is 1. The summed E-state index contributed by atoms with van der Waals surface area (Å²) in [5, 5.41) is 12.6. The van der Waals surface area contributed by atoms with Crippen LogP contribution in [0.4, 0.5) is 10.2 Å². The van der Waals surface area contributed by atoms with Gasteiger partial charge in [0.05, 0.1) is 0 Å². The molecule has 1 aromatic heterocycles. The van der Waals surface area contributed by atoms with E-state index in [0.717, 1.165) is 12.8 Å². The average molecular weight is 277 g/mol. The molecule has 0 spiro atoms. The Morgan fingerprint density at radius 1 is 1.45 bits per heavy atom. The van der Waals surface area contributed by atoms with E-state index in [1.807, 2.05) is 6.92 Å². The lowest BCUT2D eigenvalue weighted by Crippen LogP contribution is -2.29. The van der Waals surface area contributed by atoms with Crippen LogP contribution < -0.4 is 5.32 Å². The monoisotopic (exact) mass is 277 g/mol. The van der Waals surface area contributed by atoms with Crippen LogP contribution in [0.5, 0.6) is 0 Å². The van der Waals surface area contributed by atoms with Gasteiger partial charge in [-0.1, -0.05) is 25.8 Å². The zero-order valence-corrected chi connectivity index (χ0v) is 11.1. The van der Waals surface area contributed by atoms with Crippen LogP contribution in [-0.4, -0.2) is 27.1 Å². The van der Waals surface area contributed by atoms with Crippen LogP contribution in [-0.2, 0) is 4.79 Å². The number of halogens is 1. The van der Waals surface area contributed by atoms with Crippen LogP contribution in [0.1, 0.15) is 26.2 Å². The fourth-order valence-corrected chi connectivity index (χ4v) is 2.00. The molecule has 5 nitrogen and oxygen atoms in total. The number of carboxylic acid groups (broad SMARTS) is 1. The Morgan fingerprint density at radius 2 is 2.25 bits per heavy atom. The third kappa shape index (κ3) is 3.01. The normalized spacial score (nSPS) is 12.3. The van der Waals surface area contributed by atoms with Gasteiger partial charge in [-0.3, -0.25) is 0 Å². The number of unbranched alkanes of at least 4 members (excludes halogenated alkanes) is 1. The summed E-state index contributed by atoms with van der Waals surface area (Å²) in [4.78, 5) is 19.1. The maximum absolute atomic E-state index is 13.6. The number of nitrogens with one attached hydrogen (secondary N) is 1. The molecule has 0 radical (unpaired) electrons. The van der Waals surface area contributed by atoms with Gasteiger partial charge >= 0.3 is 5.97 Å². The van der Waals surface area contributed by atoms with E-state index in [4.69, 9.17) is 0 Å². The van der Waals surface area contributed by atoms with Gasteiger partial charge in [0.15, 0.2) is 0 Å². The Balaban J connectivity index is 2.32. The van der Waals surface area contributed by atoms with E-state index in [1.165, 1.54) is 12.4 Å². The van der Waals surface area contributed by atoms with E-state index in [9.17, 15) is 14.3 Å². The summed E-state index contributed by atoms with van der Waals surface area (Å²) in [5.41, 5.74) is 0.185. The number of hydrogen-bond acceptors (Lipinski definition) is 4. The zero-order chi connectivity index (χ0) is 14.5. The predicted molar refractivity (Wildman–Crippen MR) is 74.1 cm³/mol. The standard InChI is InChI=1S/C14H16FN3O2/c1-2-3-7-11(14(19)20)18-13-9-5-4-6-10(15)12(9)16-8-17-13/h4-6,8,11H,2-3,7H2,1H3,(H,19,20)(H,16,17,18)/t11-/m0/s1. The first-order valence-corrected chi connectivity index (χ1v) is 6.52. The van der Waals surface area contributed by atoms with Crippen molar-refractivity contribution < 1.29 is 14.3 Å². The second kappa shape index (κ2) is 6.27. The van der Waals surface area contributed by atoms with E-state index < -0.39 is 17.8 Å². The second-order valence-corrected chi connectivity index (χ2v) is 4.54. The molecule has 1 atom stereocenters. The Morgan fingerprint density at radius 3 is 2.95 bits per heavy atom. The van der Waals surface area contributed by atoms with Gasteiger partial charge in [0.2, 0.25) is 0 Å². The number of anilines is 1. The van der Waals surface area contributed by atoms with Crippen LogP contribution in [0.25, 0.3) is 10.9 Å². The molecule has 1 heterocycles. The van der Waals surface area contributed by atoms with Gasteiger partial charge in [0, 0.05) is 5.39 Å². The molecule has 2 rings (SSSR count). The molecule has 0 amide bonds. The van der Waals surface area contributed by atoms with Gasteiger partial charge in [-0.15, -0.1) is 0 Å². The summed E-state index contributed by atoms with van der Waals surface area (Å²) >= 11 is 0. The largest absolute Gasteiger partial charge is 0.480 e. The molecule has 2 N–H and O–H groups in total. The van der Waals surface area contributed by atoms with Crippen molar-refractivity contribution in [3.63, 3.8) is 0 Å². The molecule has 106 valence electrons. The zero-order valence-electron chi connectivity index (χ0n) is 11.1. The summed E-state index contributed by atoms with van der Waals surface area (Å²) in [7, 11) is 0. The summed E-state index contributed by atoms with van der Waals surface area (Å²) in [6.45, 7) is 1.99. The maximum Gasteiger partial charge on any atom is 0.326 e. The minimum absolute atomic E-state index is 0.185. The molecule has 0 aliphatic heterocycles. The van der Waals surface area contributed by atoms with Crippen molar-refractivity contribution in [3.8, 4) is 0 Å². The number of para-hydroxylation sites is 1. The summed E-state index contributed by atoms with van der Waals surface area (Å²) in [6.07, 6.45) is 3.42. The topological polar surface area (TPSA) is 75.1 Å². The maximum atomic E-state index is 13.6. The number of hydrogen-bond donors (Lipinski definition) is 2. The summed E-state index contributed by atoms with van der Waals surface area (Å²) in [5.74, 6) is -1.05. The molecule has 0 aliphatic rings. The van der Waals surface area contributed by atoms with Crippen molar-refractivity contribution in [3.05, 3.63) is 30.3 Å². The molecule has 0 saturated heterocycles. The first kappa shape index (κ1) is 14.2. The minimum atomic E-state index is -0.943. The highest BCUT2D eigenvalue weighted by molar-refractivity contribution is 5.90. The van der Waals surface area contributed by atoms with Crippen molar-refractivity contribution in [2.45, 2.75) is 32.2 Å². The SMILES string of the molecule is CCCC[C@H](Nc1ncnc2c(F)cccc12)C(=O)O. The van der Waals surface area contributed by atoms with Gasteiger partial charge in [0.1, 0.15) is 29.5 Å². The van der Waals surface area contributed by atoms with Crippen LogP contribution in [0.15, 0.2) is 24.5 Å². The fourth-order valence-electron chi connectivity index (χ4n) is 2.00. The molecular weight excluding hydrogens is 261 g/mol. The lowest BCUT2D eigenvalue weighted by molar-refractivity contribution is -0.138. The molecule has 0 saturated carbocycles. The average Bonchev–Trinajstić information content (AvgIpc) is 2.44. The molecule has 0 fully saturated rings. The Kier molecular flexibility index (Phi) is 4.45. The molecular formula is C14H16FN3O2. The van der Waals surface area contributed by atoms with Crippen molar-refractivity contribution in [1.82, 2.24) is 9.97 Å². The fraction of sp³-hybridized carbons (Fsp3) is 0.357. The Labute approximate surface area is 115 Å². The number of carbonyl (C=O) groups is 1. The van der Waals surface area contributed by atoms with Gasteiger partial charge < -0.3 is 10.4 Å². The Hall–Kier alpha value is -2.24. The quantitative estimate of drug-likeness (QED) is 0.849. The van der Waals surface area contributed by atoms with Crippen molar-refractivity contribution in [1.29, 1.82) is 0 Å². The third-order valence-corrected chi connectivity index (χ3v) is 3.07. The second-order valence-electron chi connectivity index (χ2n) is 4.54. The molecule has 20 heavy (non-hydrogen) atoms. The number of aromatic nitrogens is 2. The number of aliphatic carboxylic acids is 1. The summed E-state index contributed by atoms with van der Waals surface area (Å²) < 4.78 is 13.6. The highest BCUT2D eigenvalue weighted by Crippen LogP contribution is 2.22. The molecule has 0 unspecified atom stereocenters. The summed E-state index contributed by atoms with van der Waals surface area (Å²) in [6, 6.07) is 3.79. The number of carboxylic acids is 1. The first-order valence-electron chi connectivity index (χ1n) is 6.52. The Bertz CT molecular complexity index is 618. The van der Waals surface area contributed by atoms with Crippen LogP contribution in [0.2, 0.25) is 0 Å². The molecule has 6 heteroatoms. The lowest BCUT2D eigenvalue weighted by atomic mass is 10.1. The lowest BCUT2D eigenvalue weighted by Gasteiger charge is -2.15. The van der Waals surface area contributed by atoms with Gasteiger partial charge in [-0.2, -0.15) is 0 Å². The van der Waals surface area contributed by atoms with Crippen LogP contribution in [0.3, 0.4) is 0 Å². The highest BCUT2D eigenvalue weighted by Gasteiger charge is 2.18. The van der Waals surface area contributed by atoms with Gasteiger partial charge in [0.25, 0.3) is 0 Å². The van der Waals surface area contributed by atoms with E-state index in [-0.39, 0.29) is 5.52 Å². The molecule has 2 aromatic rings. The first-order chi connectivity index (χ1) is 9.63. The van der Waals surface area contributed by atoms with Crippen LogP contribution >= 0.6 is 0 Å². The van der Waals surface area contributed by atoms with Crippen molar-refractivity contribution in [2.75, 3.05) is 5.32 Å². The van der Waals surface area contributed by atoms with E-state index >= 15 is 0 Å². The number of nitrogens with zero attached hydrogens (tertiary/aromatic N) is 2. The van der Waals surface area contributed by atoms with E-state index in [0.29, 0.717) is 17.6 Å². The van der Waals surface area contributed by atoms with Gasteiger partial charge in [-0.05, 0) is 18.6 Å². The predicted octanol–water partition coefficient (Wildman–Crippen LogP) is 2.82. The van der Waals surface area contributed by atoms with Crippen LogP contribution in [0, 0.1) is 5.82 Å². The van der Waals surface area contributed by atoms with Gasteiger partial charge in [-0.25, -0.2) is 19.2 Å². The molecule has 0 bridgehead atoms. The smallest absolute Gasteiger partial charge is 0.326 e. The number of rotatable bonds is 6. The third-order valence-electron chi connectivity index (χ3n) is 3.07. The van der Waals surface area contributed by atoms with E-state index in [2.05, 4.69) is 15.3 Å². The number of fused-ring (bicyclic) bond motifs is 1. The highest BCUT2D eigenvalue weighted by atomic mass is 19.1. The van der Waals surface area contributed by atoms with E-state index in [1.54, 1.807) is 12.1 Å². The minimum Gasteiger partial charge on any atom is -0.480 e. The van der Waals surface area contributed by atoms with Crippen molar-refractivity contribution in [2.24, 2.45) is 0 Å². The molecule has 0 aliphatic carbocycles. The van der Waals surface area contributed by atoms with Crippen molar-refractivity contribution >= 4 is 22.7 Å². The molecule has 1 aromatic carbocycles.